The average molecular weight is 425 g/mol. The molecule has 0 fully saturated rings. The predicted molar refractivity (Wildman–Crippen MR) is 120 cm³/mol. The molecule has 3 aromatic rings. The molecule has 0 saturated heterocycles. The number of halogens is 1. The van der Waals surface area contributed by atoms with Crippen LogP contribution in [0.15, 0.2) is 42.6 Å². The Kier molecular flexibility index (Phi) is 5.28. The van der Waals surface area contributed by atoms with E-state index in [-0.39, 0.29) is 0 Å². The number of anilines is 4. The van der Waals surface area contributed by atoms with Crippen LogP contribution in [0.2, 0.25) is 5.02 Å². The third kappa shape index (κ3) is 4.12. The van der Waals surface area contributed by atoms with Gasteiger partial charge in [-0.2, -0.15) is 4.98 Å². The zero-order chi connectivity index (χ0) is 20.6. The largest absolute Gasteiger partial charge is 0.491 e. The van der Waals surface area contributed by atoms with Crippen molar-refractivity contribution in [2.45, 2.75) is 6.42 Å². The van der Waals surface area contributed by atoms with Crippen molar-refractivity contribution in [1.29, 1.82) is 0 Å². The van der Waals surface area contributed by atoms with Gasteiger partial charge in [0.2, 0.25) is 5.95 Å². The van der Waals surface area contributed by atoms with Crippen molar-refractivity contribution >= 4 is 60.5 Å². The molecule has 2 radical (unpaired) electrons. The lowest BCUT2D eigenvalue weighted by molar-refractivity contribution is 0.358. The van der Waals surface area contributed by atoms with Crippen molar-refractivity contribution in [3.8, 4) is 5.75 Å². The number of para-hydroxylation sites is 1. The summed E-state index contributed by atoms with van der Waals surface area (Å²) in [5.74, 6) is 1.49. The van der Waals surface area contributed by atoms with Gasteiger partial charge in [-0.1, -0.05) is 35.3 Å². The first kappa shape index (κ1) is 19.8. The van der Waals surface area contributed by atoms with Crippen LogP contribution >= 0.6 is 18.7 Å². The number of hydrogen-bond acceptors (Lipinski definition) is 6. The second kappa shape index (κ2) is 7.73. The van der Waals surface area contributed by atoms with E-state index < -0.39 is 7.14 Å². The molecular formula is C20H19BClN4O2P. The quantitative estimate of drug-likeness (QED) is 0.481. The van der Waals surface area contributed by atoms with Crippen molar-refractivity contribution in [2.75, 3.05) is 30.6 Å². The Hall–Kier alpha value is -2.50. The monoisotopic (exact) mass is 424 g/mol. The molecule has 6 nitrogen and oxygen atoms in total. The molecule has 146 valence electrons. The van der Waals surface area contributed by atoms with Gasteiger partial charge in [0.25, 0.3) is 0 Å². The minimum atomic E-state index is -2.48. The van der Waals surface area contributed by atoms with Gasteiger partial charge in [0.1, 0.15) is 25.8 Å². The zero-order valence-electron chi connectivity index (χ0n) is 16.1. The number of benzene rings is 2. The molecule has 0 spiro atoms. The van der Waals surface area contributed by atoms with Gasteiger partial charge in [0, 0.05) is 11.7 Å². The highest BCUT2D eigenvalue weighted by molar-refractivity contribution is 7.70. The standard InChI is InChI=1S/C20H19BClN4O2P/c1-29(2,27)17-6-4-3-5-15(17)24-19-14(22)11-23-20(26-19)25-16-8-7-13(21)12-9-10-28-18(12)16/h3-8,11H,9-10H2,1-2H3,(H2,23,24,25,26). The van der Waals surface area contributed by atoms with E-state index in [1.807, 2.05) is 36.4 Å². The smallest absolute Gasteiger partial charge is 0.229 e. The van der Waals surface area contributed by atoms with Crippen LogP contribution in [-0.4, -0.2) is 37.8 Å². The third-order valence-electron chi connectivity index (χ3n) is 4.62. The molecule has 0 amide bonds. The summed E-state index contributed by atoms with van der Waals surface area (Å²) in [5, 5.41) is 7.45. The second-order valence-electron chi connectivity index (χ2n) is 7.12. The van der Waals surface area contributed by atoms with Gasteiger partial charge in [0.15, 0.2) is 5.82 Å². The lowest BCUT2D eigenvalue weighted by atomic mass is 9.89. The summed E-state index contributed by atoms with van der Waals surface area (Å²) >= 11 is 6.30. The van der Waals surface area contributed by atoms with Gasteiger partial charge in [-0.25, -0.2) is 4.98 Å². The molecule has 2 aromatic carbocycles. The molecule has 0 bridgehead atoms. The maximum Gasteiger partial charge on any atom is 0.229 e. The van der Waals surface area contributed by atoms with Crippen LogP contribution in [0.4, 0.5) is 23.1 Å². The summed E-state index contributed by atoms with van der Waals surface area (Å²) in [4.78, 5) is 8.75. The molecule has 29 heavy (non-hydrogen) atoms. The molecule has 1 aliphatic rings. The molecule has 0 saturated carbocycles. The van der Waals surface area contributed by atoms with E-state index >= 15 is 0 Å². The van der Waals surface area contributed by atoms with Crippen LogP contribution in [0, 0.1) is 0 Å². The first-order chi connectivity index (χ1) is 13.8. The van der Waals surface area contributed by atoms with Crippen molar-refractivity contribution < 1.29 is 9.30 Å². The van der Waals surface area contributed by atoms with E-state index in [1.165, 1.54) is 6.20 Å². The Morgan fingerprint density at radius 2 is 1.93 bits per heavy atom. The zero-order valence-corrected chi connectivity index (χ0v) is 17.7. The summed E-state index contributed by atoms with van der Waals surface area (Å²) in [6, 6.07) is 11.1. The molecule has 9 heteroatoms. The Labute approximate surface area is 175 Å². The first-order valence-electron chi connectivity index (χ1n) is 9.08. The third-order valence-corrected chi connectivity index (χ3v) is 6.45. The van der Waals surface area contributed by atoms with Crippen LogP contribution in [0.5, 0.6) is 5.75 Å². The van der Waals surface area contributed by atoms with Crippen LogP contribution in [0.25, 0.3) is 0 Å². The Balaban J connectivity index is 1.65. The number of rotatable bonds is 5. The summed E-state index contributed by atoms with van der Waals surface area (Å²) in [6.45, 7) is 4.05. The molecule has 0 aliphatic carbocycles. The normalized spacial score (nSPS) is 12.9. The second-order valence-corrected chi connectivity index (χ2v) is 10.7. The van der Waals surface area contributed by atoms with Crippen LogP contribution < -0.4 is 26.1 Å². The summed E-state index contributed by atoms with van der Waals surface area (Å²) < 4.78 is 18.3. The van der Waals surface area contributed by atoms with Gasteiger partial charge < -0.3 is 19.9 Å². The fourth-order valence-electron chi connectivity index (χ4n) is 3.23. The minimum absolute atomic E-state index is 0.353. The number of fused-ring (bicyclic) bond motifs is 1. The van der Waals surface area contributed by atoms with Gasteiger partial charge in [-0.3, -0.25) is 0 Å². The fraction of sp³-hybridized carbons (Fsp3) is 0.200. The number of nitrogens with zero attached hydrogens (tertiary/aromatic N) is 2. The van der Waals surface area contributed by atoms with E-state index in [1.54, 1.807) is 13.3 Å². The summed E-state index contributed by atoms with van der Waals surface area (Å²) in [5.41, 5.74) is 3.14. The molecule has 2 N–H and O–H groups in total. The molecule has 2 heterocycles. The molecule has 0 unspecified atom stereocenters. The van der Waals surface area contributed by atoms with E-state index in [0.717, 1.165) is 28.7 Å². The van der Waals surface area contributed by atoms with Crippen molar-refractivity contribution in [3.05, 3.63) is 53.2 Å². The highest BCUT2D eigenvalue weighted by Crippen LogP contribution is 2.39. The van der Waals surface area contributed by atoms with Crippen LogP contribution in [-0.2, 0) is 11.0 Å². The van der Waals surface area contributed by atoms with Gasteiger partial charge >= 0.3 is 0 Å². The maximum atomic E-state index is 12.6. The number of hydrogen-bond donors (Lipinski definition) is 2. The molecular weight excluding hydrogens is 405 g/mol. The Morgan fingerprint density at radius 1 is 1.14 bits per heavy atom. The van der Waals surface area contributed by atoms with Crippen LogP contribution in [0.3, 0.4) is 0 Å². The summed E-state index contributed by atoms with van der Waals surface area (Å²) in [6.07, 6.45) is 2.29. The predicted octanol–water partition coefficient (Wildman–Crippen LogP) is 3.59. The first-order valence-corrected chi connectivity index (χ1v) is 12.1. The van der Waals surface area contributed by atoms with E-state index in [4.69, 9.17) is 24.2 Å². The minimum Gasteiger partial charge on any atom is -0.491 e. The Morgan fingerprint density at radius 3 is 2.72 bits per heavy atom. The number of aromatic nitrogens is 2. The van der Waals surface area contributed by atoms with Gasteiger partial charge in [-0.05, 0) is 37.1 Å². The molecule has 1 aromatic heterocycles. The topological polar surface area (TPSA) is 76.1 Å². The van der Waals surface area contributed by atoms with Gasteiger partial charge in [-0.15, -0.1) is 0 Å². The van der Waals surface area contributed by atoms with E-state index in [0.29, 0.717) is 34.5 Å². The maximum absolute atomic E-state index is 12.6. The SMILES string of the molecule is [B]c1ccc(Nc2ncc(Cl)c(Nc3ccccc3P(C)(C)=O)n2)c2c1CCO2. The van der Waals surface area contributed by atoms with Gasteiger partial charge in [0.05, 0.1) is 24.2 Å². The Bertz CT molecular complexity index is 1140. The number of ether oxygens (including phenoxy) is 1. The van der Waals surface area contributed by atoms with Crippen molar-refractivity contribution in [3.63, 3.8) is 0 Å². The highest BCUT2D eigenvalue weighted by Gasteiger charge is 2.20. The van der Waals surface area contributed by atoms with E-state index in [9.17, 15) is 4.57 Å². The van der Waals surface area contributed by atoms with Crippen molar-refractivity contribution in [1.82, 2.24) is 9.97 Å². The highest BCUT2D eigenvalue weighted by atomic mass is 35.5. The van der Waals surface area contributed by atoms with Crippen LogP contribution in [0.1, 0.15) is 5.56 Å². The number of nitrogens with one attached hydrogen (secondary N) is 2. The van der Waals surface area contributed by atoms with E-state index in [2.05, 4.69) is 20.6 Å². The lowest BCUT2D eigenvalue weighted by Crippen LogP contribution is -2.11. The lowest BCUT2D eigenvalue weighted by Gasteiger charge is -2.16. The molecule has 0 atom stereocenters. The molecule has 4 rings (SSSR count). The summed E-state index contributed by atoms with van der Waals surface area (Å²) in [7, 11) is 3.54. The average Bonchev–Trinajstić information content (AvgIpc) is 3.17. The molecule has 1 aliphatic heterocycles. The fourth-order valence-corrected chi connectivity index (χ4v) is 4.53. The van der Waals surface area contributed by atoms with Crippen molar-refractivity contribution in [2.24, 2.45) is 0 Å².